The van der Waals surface area contributed by atoms with Gasteiger partial charge in [0.05, 0.1) is 18.2 Å². The SMILES string of the molecule is COC(=O)c1cccc(O)c1.O=C(O)c1cccc(O)c1. The van der Waals surface area contributed by atoms with Crippen LogP contribution in [0.3, 0.4) is 0 Å². The van der Waals surface area contributed by atoms with Gasteiger partial charge in [0.25, 0.3) is 0 Å². The molecule has 2 rings (SSSR count). The number of carboxylic acid groups (broad SMARTS) is 1. The first-order valence-electron chi connectivity index (χ1n) is 5.83. The summed E-state index contributed by atoms with van der Waals surface area (Å²) in [5.41, 5.74) is 0.451. The number of carboxylic acids is 1. The molecule has 0 heterocycles. The summed E-state index contributed by atoms with van der Waals surface area (Å²) in [7, 11) is 1.30. The van der Waals surface area contributed by atoms with Crippen LogP contribution in [0.1, 0.15) is 20.7 Å². The van der Waals surface area contributed by atoms with E-state index >= 15 is 0 Å². The molecule has 0 saturated carbocycles. The van der Waals surface area contributed by atoms with Crippen LogP contribution in [-0.2, 0) is 4.74 Å². The van der Waals surface area contributed by atoms with Crippen LogP contribution in [0.25, 0.3) is 0 Å². The Morgan fingerprint density at radius 2 is 1.38 bits per heavy atom. The van der Waals surface area contributed by atoms with E-state index in [1.807, 2.05) is 0 Å². The van der Waals surface area contributed by atoms with Crippen molar-refractivity contribution in [3.8, 4) is 11.5 Å². The lowest BCUT2D eigenvalue weighted by Crippen LogP contribution is -1.99. The second kappa shape index (κ2) is 7.54. The van der Waals surface area contributed by atoms with Crippen LogP contribution in [0.4, 0.5) is 0 Å². The Hall–Kier alpha value is -3.02. The van der Waals surface area contributed by atoms with Gasteiger partial charge in [0.2, 0.25) is 0 Å². The molecule has 0 bridgehead atoms. The minimum absolute atomic E-state index is 0.0279. The maximum atomic E-state index is 10.8. The number of carbonyl (C=O) groups is 2. The fourth-order valence-corrected chi connectivity index (χ4v) is 1.39. The molecular weight excluding hydrogens is 276 g/mol. The van der Waals surface area contributed by atoms with Crippen molar-refractivity contribution in [3.63, 3.8) is 0 Å². The molecule has 6 heteroatoms. The third-order valence-corrected chi connectivity index (χ3v) is 2.36. The Labute approximate surface area is 120 Å². The van der Waals surface area contributed by atoms with Crippen LogP contribution in [0.2, 0.25) is 0 Å². The van der Waals surface area contributed by atoms with Gasteiger partial charge < -0.3 is 20.1 Å². The van der Waals surface area contributed by atoms with Crippen LogP contribution in [-0.4, -0.2) is 34.4 Å². The highest BCUT2D eigenvalue weighted by Crippen LogP contribution is 2.11. The standard InChI is InChI=1S/C8H8O3.C7H6O3/c1-11-8(10)6-3-2-4-7(9)5-6;8-6-3-1-2-5(4-6)7(9)10/h2-5,9H,1H3;1-4,8H,(H,9,10). The molecule has 0 spiro atoms. The number of aromatic carboxylic acids is 1. The molecule has 0 aromatic heterocycles. The number of hydrogen-bond acceptors (Lipinski definition) is 5. The van der Waals surface area contributed by atoms with Crippen molar-refractivity contribution in [2.75, 3.05) is 7.11 Å². The average Bonchev–Trinajstić information content (AvgIpc) is 2.47. The smallest absolute Gasteiger partial charge is 0.337 e. The Morgan fingerprint density at radius 3 is 1.76 bits per heavy atom. The van der Waals surface area contributed by atoms with Crippen molar-refractivity contribution in [2.45, 2.75) is 0 Å². The van der Waals surface area contributed by atoms with Gasteiger partial charge in [0, 0.05) is 0 Å². The molecule has 0 saturated heterocycles. The van der Waals surface area contributed by atoms with Gasteiger partial charge in [-0.25, -0.2) is 9.59 Å². The van der Waals surface area contributed by atoms with Crippen LogP contribution in [0, 0.1) is 0 Å². The fourth-order valence-electron chi connectivity index (χ4n) is 1.39. The second-order valence-corrected chi connectivity index (χ2v) is 3.90. The molecule has 0 aliphatic carbocycles. The van der Waals surface area contributed by atoms with Crippen molar-refractivity contribution in [3.05, 3.63) is 59.7 Å². The van der Waals surface area contributed by atoms with Gasteiger partial charge in [-0.2, -0.15) is 0 Å². The largest absolute Gasteiger partial charge is 0.508 e. The molecule has 6 nitrogen and oxygen atoms in total. The summed E-state index contributed by atoms with van der Waals surface area (Å²) in [6.07, 6.45) is 0. The van der Waals surface area contributed by atoms with E-state index in [0.29, 0.717) is 5.56 Å². The van der Waals surface area contributed by atoms with Gasteiger partial charge in [-0.3, -0.25) is 0 Å². The first-order chi connectivity index (χ1) is 9.93. The number of rotatable bonds is 2. The van der Waals surface area contributed by atoms with Gasteiger partial charge in [0.15, 0.2) is 0 Å². The monoisotopic (exact) mass is 290 g/mol. The summed E-state index contributed by atoms with van der Waals surface area (Å²) in [4.78, 5) is 21.1. The van der Waals surface area contributed by atoms with Crippen molar-refractivity contribution < 1.29 is 29.6 Å². The van der Waals surface area contributed by atoms with Crippen LogP contribution in [0.5, 0.6) is 11.5 Å². The quantitative estimate of drug-likeness (QED) is 0.733. The zero-order chi connectivity index (χ0) is 15.8. The molecule has 2 aromatic carbocycles. The molecule has 3 N–H and O–H groups in total. The van der Waals surface area contributed by atoms with E-state index in [9.17, 15) is 9.59 Å². The summed E-state index contributed by atoms with van der Waals surface area (Å²) < 4.78 is 4.44. The predicted octanol–water partition coefficient (Wildman–Crippen LogP) is 2.27. The van der Waals surface area contributed by atoms with E-state index in [-0.39, 0.29) is 17.1 Å². The lowest BCUT2D eigenvalue weighted by molar-refractivity contribution is 0.0599. The number of aromatic hydroxyl groups is 2. The Balaban J connectivity index is 0.000000211. The minimum Gasteiger partial charge on any atom is -0.508 e. The summed E-state index contributed by atoms with van der Waals surface area (Å²) in [5.74, 6) is -1.44. The molecule has 110 valence electrons. The van der Waals surface area contributed by atoms with E-state index < -0.39 is 11.9 Å². The third kappa shape index (κ3) is 5.23. The fraction of sp³-hybridized carbons (Fsp3) is 0.0667. The Kier molecular flexibility index (Phi) is 5.76. The molecule has 0 aliphatic rings. The van der Waals surface area contributed by atoms with Crippen molar-refractivity contribution in [1.29, 1.82) is 0 Å². The minimum atomic E-state index is -1.03. The van der Waals surface area contributed by atoms with Gasteiger partial charge in [0.1, 0.15) is 11.5 Å². The maximum Gasteiger partial charge on any atom is 0.337 e. The van der Waals surface area contributed by atoms with Gasteiger partial charge >= 0.3 is 11.9 Å². The molecule has 0 fully saturated rings. The average molecular weight is 290 g/mol. The van der Waals surface area contributed by atoms with E-state index in [4.69, 9.17) is 15.3 Å². The van der Waals surface area contributed by atoms with Gasteiger partial charge in [-0.1, -0.05) is 12.1 Å². The highest BCUT2D eigenvalue weighted by atomic mass is 16.5. The molecule has 0 amide bonds. The van der Waals surface area contributed by atoms with E-state index in [2.05, 4.69) is 4.74 Å². The second-order valence-electron chi connectivity index (χ2n) is 3.90. The zero-order valence-electron chi connectivity index (χ0n) is 11.2. The lowest BCUT2D eigenvalue weighted by atomic mass is 10.2. The van der Waals surface area contributed by atoms with E-state index in [1.54, 1.807) is 12.1 Å². The number of ether oxygens (including phenoxy) is 1. The van der Waals surface area contributed by atoms with Gasteiger partial charge in [-0.15, -0.1) is 0 Å². The van der Waals surface area contributed by atoms with Crippen LogP contribution in [0.15, 0.2) is 48.5 Å². The molecule has 0 unspecified atom stereocenters. The molecule has 21 heavy (non-hydrogen) atoms. The van der Waals surface area contributed by atoms with Crippen molar-refractivity contribution in [1.82, 2.24) is 0 Å². The Morgan fingerprint density at radius 1 is 0.905 bits per heavy atom. The number of carbonyl (C=O) groups excluding carboxylic acids is 1. The summed E-state index contributed by atoms with van der Waals surface area (Å²) in [6.45, 7) is 0. The third-order valence-electron chi connectivity index (χ3n) is 2.36. The molecule has 2 aromatic rings. The number of hydrogen-bond donors (Lipinski definition) is 3. The predicted molar refractivity (Wildman–Crippen MR) is 74.5 cm³/mol. The number of benzene rings is 2. The highest BCUT2D eigenvalue weighted by molar-refractivity contribution is 5.89. The molecule has 0 aliphatic heterocycles. The molecular formula is C15H14O6. The van der Waals surface area contributed by atoms with E-state index in [1.165, 1.54) is 43.5 Å². The van der Waals surface area contributed by atoms with Gasteiger partial charge in [-0.05, 0) is 36.4 Å². The summed E-state index contributed by atoms with van der Waals surface area (Å²) >= 11 is 0. The van der Waals surface area contributed by atoms with Crippen LogP contribution >= 0.6 is 0 Å². The number of esters is 1. The first-order valence-corrected chi connectivity index (χ1v) is 5.83. The number of methoxy groups -OCH3 is 1. The summed E-state index contributed by atoms with van der Waals surface area (Å²) in [6, 6.07) is 11.5. The number of phenolic OH excluding ortho intramolecular Hbond substituents is 2. The number of phenols is 2. The Bertz CT molecular complexity index is 636. The van der Waals surface area contributed by atoms with E-state index in [0.717, 1.165) is 0 Å². The van der Waals surface area contributed by atoms with Crippen molar-refractivity contribution in [2.24, 2.45) is 0 Å². The molecule has 0 atom stereocenters. The topological polar surface area (TPSA) is 104 Å². The van der Waals surface area contributed by atoms with Crippen LogP contribution < -0.4 is 0 Å². The normalized spacial score (nSPS) is 9.19. The van der Waals surface area contributed by atoms with Crippen molar-refractivity contribution >= 4 is 11.9 Å². The first kappa shape index (κ1) is 16.0. The lowest BCUT2D eigenvalue weighted by Gasteiger charge is -1.97. The zero-order valence-corrected chi connectivity index (χ0v) is 11.2. The highest BCUT2D eigenvalue weighted by Gasteiger charge is 2.03. The summed E-state index contributed by atoms with van der Waals surface area (Å²) in [5, 5.41) is 26.1. The molecule has 0 radical (unpaired) electrons. The maximum absolute atomic E-state index is 10.8.